The fourth-order valence-corrected chi connectivity index (χ4v) is 2.90. The second-order valence-electron chi connectivity index (χ2n) is 6.83. The molecule has 3 amide bonds. The van der Waals surface area contributed by atoms with Crippen molar-refractivity contribution in [2.75, 3.05) is 11.9 Å². The van der Waals surface area contributed by atoms with Gasteiger partial charge in [-0.2, -0.15) is 0 Å². The maximum Gasteiger partial charge on any atom is 0.319 e. The number of aliphatic hydroxyl groups excluding tert-OH is 1. The van der Waals surface area contributed by atoms with Crippen LogP contribution >= 0.6 is 0 Å². The van der Waals surface area contributed by atoms with Gasteiger partial charge in [0, 0.05) is 17.1 Å². The standard InChI is InChI=1S/C20H23N3O4/c1-13(20(12-24)10-11-20)22-19(26)23-14-6-8-15(9-7-14)27-17-5-3-2-4-16(17)18(21)25/h2-9,13,24H,10-12H2,1H3,(H2,21,25)(H2,22,23,26). The van der Waals surface area contributed by atoms with Crippen LogP contribution in [0, 0.1) is 5.41 Å². The average molecular weight is 369 g/mol. The first-order chi connectivity index (χ1) is 12.9. The summed E-state index contributed by atoms with van der Waals surface area (Å²) >= 11 is 0. The number of para-hydroxylation sites is 1. The van der Waals surface area contributed by atoms with Crippen LogP contribution in [0.4, 0.5) is 10.5 Å². The first-order valence-corrected chi connectivity index (χ1v) is 8.79. The summed E-state index contributed by atoms with van der Waals surface area (Å²) in [5.74, 6) is 0.322. The number of urea groups is 1. The molecule has 1 saturated carbocycles. The van der Waals surface area contributed by atoms with E-state index in [9.17, 15) is 14.7 Å². The lowest BCUT2D eigenvalue weighted by Crippen LogP contribution is -2.42. The summed E-state index contributed by atoms with van der Waals surface area (Å²) in [6.45, 7) is 1.98. The molecule has 3 rings (SSSR count). The maximum atomic E-state index is 12.1. The number of nitrogens with one attached hydrogen (secondary N) is 2. The number of anilines is 1. The summed E-state index contributed by atoms with van der Waals surface area (Å²) < 4.78 is 5.71. The van der Waals surface area contributed by atoms with E-state index < -0.39 is 5.91 Å². The highest BCUT2D eigenvalue weighted by Gasteiger charge is 2.47. The number of aliphatic hydroxyl groups is 1. The minimum Gasteiger partial charge on any atom is -0.457 e. The van der Waals surface area contributed by atoms with Crippen LogP contribution in [0.25, 0.3) is 0 Å². The second kappa shape index (κ2) is 7.67. The number of benzene rings is 2. The molecule has 0 aliphatic heterocycles. The van der Waals surface area contributed by atoms with E-state index in [-0.39, 0.29) is 24.1 Å². The van der Waals surface area contributed by atoms with Crippen molar-refractivity contribution in [2.45, 2.75) is 25.8 Å². The van der Waals surface area contributed by atoms with Gasteiger partial charge >= 0.3 is 6.03 Å². The minimum absolute atomic E-state index is 0.0766. The van der Waals surface area contributed by atoms with Gasteiger partial charge in [0.15, 0.2) is 0 Å². The molecule has 1 unspecified atom stereocenters. The number of nitrogens with two attached hydrogens (primary N) is 1. The predicted molar refractivity (Wildman–Crippen MR) is 102 cm³/mol. The molecule has 142 valence electrons. The monoisotopic (exact) mass is 369 g/mol. The topological polar surface area (TPSA) is 114 Å². The van der Waals surface area contributed by atoms with E-state index in [1.807, 2.05) is 6.92 Å². The third kappa shape index (κ3) is 4.38. The molecule has 0 saturated heterocycles. The van der Waals surface area contributed by atoms with Crippen molar-refractivity contribution in [1.82, 2.24) is 5.32 Å². The number of ether oxygens (including phenoxy) is 1. The van der Waals surface area contributed by atoms with Crippen LogP contribution < -0.4 is 21.1 Å². The number of amides is 3. The highest BCUT2D eigenvalue weighted by atomic mass is 16.5. The zero-order valence-corrected chi connectivity index (χ0v) is 15.1. The summed E-state index contributed by atoms with van der Waals surface area (Å²) in [6, 6.07) is 13.1. The van der Waals surface area contributed by atoms with Gasteiger partial charge in [-0.1, -0.05) is 12.1 Å². The van der Waals surface area contributed by atoms with Gasteiger partial charge in [0.25, 0.3) is 5.91 Å². The highest BCUT2D eigenvalue weighted by molar-refractivity contribution is 5.95. The molecule has 0 spiro atoms. The van der Waals surface area contributed by atoms with Gasteiger partial charge in [0.1, 0.15) is 11.5 Å². The highest BCUT2D eigenvalue weighted by Crippen LogP contribution is 2.48. The molecule has 1 atom stereocenters. The number of carbonyl (C=O) groups excluding carboxylic acids is 2. The second-order valence-corrected chi connectivity index (χ2v) is 6.83. The molecular weight excluding hydrogens is 346 g/mol. The number of primary amides is 1. The number of carbonyl (C=O) groups is 2. The van der Waals surface area contributed by atoms with Crippen LogP contribution in [0.1, 0.15) is 30.1 Å². The summed E-state index contributed by atoms with van der Waals surface area (Å²) in [4.78, 5) is 23.6. The largest absolute Gasteiger partial charge is 0.457 e. The lowest BCUT2D eigenvalue weighted by molar-refractivity contribution is 0.0998. The lowest BCUT2D eigenvalue weighted by atomic mass is 9.99. The van der Waals surface area contributed by atoms with Crippen LogP contribution in [0.15, 0.2) is 48.5 Å². The third-order valence-electron chi connectivity index (χ3n) is 4.97. The lowest BCUT2D eigenvalue weighted by Gasteiger charge is -2.22. The van der Waals surface area contributed by atoms with Crippen molar-refractivity contribution >= 4 is 17.6 Å². The Morgan fingerprint density at radius 1 is 1.19 bits per heavy atom. The number of hydrogen-bond donors (Lipinski definition) is 4. The van der Waals surface area contributed by atoms with Crippen LogP contribution in [-0.2, 0) is 0 Å². The maximum absolute atomic E-state index is 12.1. The smallest absolute Gasteiger partial charge is 0.319 e. The Bertz CT molecular complexity index is 831. The fourth-order valence-electron chi connectivity index (χ4n) is 2.90. The van der Waals surface area contributed by atoms with Gasteiger partial charge in [-0.3, -0.25) is 4.79 Å². The summed E-state index contributed by atoms with van der Waals surface area (Å²) in [5, 5.41) is 15.0. The van der Waals surface area contributed by atoms with Crippen molar-refractivity contribution in [3.63, 3.8) is 0 Å². The van der Waals surface area contributed by atoms with Gasteiger partial charge in [-0.15, -0.1) is 0 Å². The van der Waals surface area contributed by atoms with E-state index in [0.717, 1.165) is 12.8 Å². The normalized spacial score (nSPS) is 15.5. The SMILES string of the molecule is CC(NC(=O)Nc1ccc(Oc2ccccc2C(N)=O)cc1)C1(CO)CC1. The average Bonchev–Trinajstić information content (AvgIpc) is 3.45. The van der Waals surface area contributed by atoms with Crippen molar-refractivity contribution in [3.8, 4) is 11.5 Å². The molecule has 7 heteroatoms. The Balaban J connectivity index is 1.59. The van der Waals surface area contributed by atoms with Gasteiger partial charge < -0.3 is 26.2 Å². The van der Waals surface area contributed by atoms with Crippen molar-refractivity contribution in [3.05, 3.63) is 54.1 Å². The quantitative estimate of drug-likeness (QED) is 0.601. The molecule has 1 aliphatic carbocycles. The van der Waals surface area contributed by atoms with Crippen LogP contribution in [0.5, 0.6) is 11.5 Å². The third-order valence-corrected chi connectivity index (χ3v) is 4.97. The van der Waals surface area contributed by atoms with E-state index in [0.29, 0.717) is 22.7 Å². The Kier molecular flexibility index (Phi) is 5.32. The van der Waals surface area contributed by atoms with Crippen molar-refractivity contribution in [1.29, 1.82) is 0 Å². The summed E-state index contributed by atoms with van der Waals surface area (Å²) in [7, 11) is 0. The van der Waals surface area contributed by atoms with Crippen LogP contribution in [0.3, 0.4) is 0 Å². The zero-order chi connectivity index (χ0) is 19.4. The molecular formula is C20H23N3O4. The van der Waals surface area contributed by atoms with Crippen LogP contribution in [-0.4, -0.2) is 29.7 Å². The first-order valence-electron chi connectivity index (χ1n) is 8.79. The van der Waals surface area contributed by atoms with Gasteiger partial charge in [0.2, 0.25) is 0 Å². The van der Waals surface area contributed by atoms with Gasteiger partial charge in [-0.25, -0.2) is 4.79 Å². The molecule has 0 radical (unpaired) electrons. The minimum atomic E-state index is -0.564. The van der Waals surface area contributed by atoms with E-state index in [1.165, 1.54) is 0 Å². The van der Waals surface area contributed by atoms with Crippen molar-refractivity contribution < 1.29 is 19.4 Å². The Morgan fingerprint density at radius 2 is 1.85 bits per heavy atom. The van der Waals surface area contributed by atoms with Gasteiger partial charge in [0.05, 0.1) is 12.2 Å². The van der Waals surface area contributed by atoms with E-state index in [1.54, 1.807) is 48.5 Å². The molecule has 7 nitrogen and oxygen atoms in total. The van der Waals surface area contributed by atoms with Crippen LogP contribution in [0.2, 0.25) is 0 Å². The molecule has 2 aromatic carbocycles. The Labute approximate surface area is 157 Å². The fraction of sp³-hybridized carbons (Fsp3) is 0.300. The van der Waals surface area contributed by atoms with E-state index in [4.69, 9.17) is 10.5 Å². The molecule has 2 aromatic rings. The molecule has 1 aliphatic rings. The molecule has 5 N–H and O–H groups in total. The first kappa shape index (κ1) is 18.7. The predicted octanol–water partition coefficient (Wildman–Crippen LogP) is 2.86. The molecule has 0 heterocycles. The summed E-state index contributed by atoms with van der Waals surface area (Å²) in [5.41, 5.74) is 6.06. The molecule has 0 aromatic heterocycles. The molecule has 1 fully saturated rings. The number of rotatable bonds is 7. The molecule has 27 heavy (non-hydrogen) atoms. The summed E-state index contributed by atoms with van der Waals surface area (Å²) in [6.07, 6.45) is 1.84. The molecule has 0 bridgehead atoms. The van der Waals surface area contributed by atoms with E-state index in [2.05, 4.69) is 10.6 Å². The number of hydrogen-bond acceptors (Lipinski definition) is 4. The van der Waals surface area contributed by atoms with Gasteiger partial charge in [-0.05, 0) is 56.2 Å². The van der Waals surface area contributed by atoms with E-state index >= 15 is 0 Å². The zero-order valence-electron chi connectivity index (χ0n) is 15.1. The Hall–Kier alpha value is -3.06. The Morgan fingerprint density at radius 3 is 2.44 bits per heavy atom. The van der Waals surface area contributed by atoms with Crippen molar-refractivity contribution in [2.24, 2.45) is 11.1 Å².